The Morgan fingerprint density at radius 1 is 0.620 bits per heavy atom. The lowest BCUT2D eigenvalue weighted by atomic mass is 10.1. The van der Waals surface area contributed by atoms with Crippen LogP contribution in [-0.4, -0.2) is 249 Å². The molecule has 0 aromatic carbocycles. The van der Waals surface area contributed by atoms with E-state index in [1.165, 1.54) is 20.7 Å². The molecular formula is C47H72F10N16O18S. The number of amides is 7. The molecule has 3 heterocycles. The summed E-state index contributed by atoms with van der Waals surface area (Å²) in [5.74, 6) is -15.2. The van der Waals surface area contributed by atoms with E-state index in [2.05, 4.69) is 54.2 Å². The van der Waals surface area contributed by atoms with E-state index < -0.39 is 127 Å². The molecule has 18 N–H and O–H groups in total. The van der Waals surface area contributed by atoms with Gasteiger partial charge in [-0.25, -0.2) is 28.3 Å². The summed E-state index contributed by atoms with van der Waals surface area (Å²) < 4.78 is 124. The number of rotatable bonds is 34. The zero-order chi connectivity index (χ0) is 70.5. The molecule has 0 spiro atoms. The number of hydrogen-bond donors (Lipinski definition) is 14. The van der Waals surface area contributed by atoms with Crippen molar-refractivity contribution in [1.29, 1.82) is 0 Å². The zero-order valence-corrected chi connectivity index (χ0v) is 49.4. The minimum atomic E-state index is -5.08. The van der Waals surface area contributed by atoms with E-state index in [0.29, 0.717) is 18.5 Å². The number of carbonyl (C=O) groups excluding carboxylic acids is 7. The number of thiol groups is 1. The van der Waals surface area contributed by atoms with Gasteiger partial charge in [-0.05, 0) is 57.8 Å². The predicted octanol–water partition coefficient (Wildman–Crippen LogP) is -2.99. The molecule has 2 saturated heterocycles. The Morgan fingerprint density at radius 2 is 1.08 bits per heavy atom. The van der Waals surface area contributed by atoms with Gasteiger partial charge < -0.3 is 94.4 Å². The number of hydrogen-bond acceptors (Lipinski definition) is 19. The van der Waals surface area contributed by atoms with Crippen molar-refractivity contribution in [2.45, 2.75) is 132 Å². The number of primary amides is 1. The first-order chi connectivity index (χ1) is 42.8. The summed E-state index contributed by atoms with van der Waals surface area (Å²) in [5, 5.41) is 49.2. The van der Waals surface area contributed by atoms with Crippen LogP contribution >= 0.6 is 12.6 Å². The molecule has 524 valence electrons. The molecule has 1 aromatic heterocycles. The Balaban J connectivity index is 0.00000336. The van der Waals surface area contributed by atoms with Gasteiger partial charge in [0.05, 0.1) is 45.8 Å². The highest BCUT2D eigenvalue weighted by molar-refractivity contribution is 7.80. The summed E-state index contributed by atoms with van der Waals surface area (Å²) in [5.41, 5.74) is 27.5. The number of halogens is 10. The van der Waals surface area contributed by atoms with Crippen LogP contribution in [0.15, 0.2) is 16.2 Å². The minimum Gasteiger partial charge on any atom is -0.480 e. The molecule has 92 heavy (non-hydrogen) atoms. The quantitative estimate of drug-likeness (QED) is 0.0108. The second-order valence-corrected chi connectivity index (χ2v) is 19.3. The van der Waals surface area contributed by atoms with Gasteiger partial charge in [0.25, 0.3) is 0 Å². The number of ether oxygens (including phenoxy) is 3. The topological polar surface area (TPSA) is 537 Å². The minimum absolute atomic E-state index is 0.000432. The van der Waals surface area contributed by atoms with Gasteiger partial charge in [0.1, 0.15) is 55.2 Å². The van der Waals surface area contributed by atoms with Crippen LogP contribution in [0.2, 0.25) is 0 Å². The maximum absolute atomic E-state index is 14.4. The largest absolute Gasteiger partial charge is 0.490 e. The molecule has 2 aliphatic heterocycles. The number of carboxylic acids is 4. The fourth-order valence-electron chi connectivity index (χ4n) is 7.61. The van der Waals surface area contributed by atoms with Crippen LogP contribution in [0.4, 0.5) is 43.9 Å². The molecule has 1 aromatic rings. The van der Waals surface area contributed by atoms with Crippen molar-refractivity contribution in [3.8, 4) is 0 Å². The lowest BCUT2D eigenvalue weighted by Gasteiger charge is -2.33. The molecular weight excluding hydrogens is 1300 g/mol. The van der Waals surface area contributed by atoms with Crippen molar-refractivity contribution < 1.29 is 131 Å². The molecule has 6 atom stereocenters. The van der Waals surface area contributed by atoms with E-state index >= 15 is 0 Å². The van der Waals surface area contributed by atoms with Crippen LogP contribution in [-0.2, 0) is 80.1 Å². The van der Waals surface area contributed by atoms with Gasteiger partial charge in [-0.2, -0.15) is 52.1 Å². The molecule has 2 fully saturated rings. The standard InChI is InChI=1S/C41H69FN16O12S.3C2HF3O2/c42-11-16-68-17-18-69-19-20-70-23-25-21-56(55-54-25)22-33(60)50-29(24-71)35(62)51-26(9-10-32(43)59)34(61)52-27(5-1-12-48-40(44)45)37(64)58-15-4-8-31(58)38(65)57-14-3-7-30(57)36(63)53-28(39(66)67)6-2-13-49-41(46)47;3*3-2(4,5)1(6)7/h21,26-31,71H,1-20,22-24H2,(H2,43,59)(H,50,60)(H,51,62)(H,52,61)(H,53,63)(H,66,67)(H4,44,45,48)(H4,46,47,49);3*(H,6,7)/t26-,27-,28-,29-,30-,31-;;;/m0.../s1. The predicted molar refractivity (Wildman–Crippen MR) is 295 cm³/mol. The van der Waals surface area contributed by atoms with E-state index in [-0.39, 0.29) is 141 Å². The van der Waals surface area contributed by atoms with Crippen molar-refractivity contribution in [2.24, 2.45) is 38.7 Å². The van der Waals surface area contributed by atoms with Crippen molar-refractivity contribution in [3.63, 3.8) is 0 Å². The van der Waals surface area contributed by atoms with Crippen LogP contribution in [0.25, 0.3) is 0 Å². The first-order valence-electron chi connectivity index (χ1n) is 26.9. The Labute approximate surface area is 520 Å². The SMILES string of the molecule is NC(=O)CC[C@H](NC(=O)[C@H](CS)NC(=O)Cn1cc(COCCOCCOCCF)nn1)C(=O)N[C@@H](CCCN=C(N)N)C(=O)N1CCC[C@H]1C(=O)N1CCC[C@H]1C(=O)N[C@@H](CCCN=C(N)N)C(=O)O.O=C(O)C(F)(F)F.O=C(O)C(F)(F)F.O=C(O)C(F)(F)F. The fraction of sp³-hybridized carbons (Fsp3) is 0.681. The average Bonchev–Trinajstić information content (AvgIpc) is 1.63. The molecule has 0 radical (unpaired) electrons. The number of nitrogens with zero attached hydrogens (tertiary/aromatic N) is 7. The van der Waals surface area contributed by atoms with Gasteiger partial charge in [-0.1, -0.05) is 5.21 Å². The van der Waals surface area contributed by atoms with Crippen LogP contribution in [0.3, 0.4) is 0 Å². The fourth-order valence-corrected chi connectivity index (χ4v) is 7.86. The van der Waals surface area contributed by atoms with Crippen LogP contribution < -0.4 is 49.9 Å². The molecule has 0 aliphatic carbocycles. The summed E-state index contributed by atoms with van der Waals surface area (Å²) in [6.45, 7) is 0.610. The monoisotopic (exact) mass is 1370 g/mol. The van der Waals surface area contributed by atoms with Gasteiger partial charge >= 0.3 is 42.4 Å². The van der Waals surface area contributed by atoms with Gasteiger partial charge in [-0.15, -0.1) is 5.10 Å². The average molecular weight is 1370 g/mol. The smallest absolute Gasteiger partial charge is 0.480 e. The van der Waals surface area contributed by atoms with E-state index in [1.54, 1.807) is 0 Å². The Morgan fingerprint density at radius 3 is 1.54 bits per heavy atom. The highest BCUT2D eigenvalue weighted by Gasteiger charge is 2.45. The Hall–Kier alpha value is -8.62. The van der Waals surface area contributed by atoms with Crippen molar-refractivity contribution in [1.82, 2.24) is 46.1 Å². The third kappa shape index (κ3) is 35.1. The number of nitrogens with one attached hydrogen (secondary N) is 4. The summed E-state index contributed by atoms with van der Waals surface area (Å²) in [7, 11) is 0. The van der Waals surface area contributed by atoms with E-state index in [0.717, 1.165) is 0 Å². The van der Waals surface area contributed by atoms with Crippen molar-refractivity contribution in [2.75, 3.05) is 71.6 Å². The van der Waals surface area contributed by atoms with Crippen LogP contribution in [0, 0.1) is 0 Å². The van der Waals surface area contributed by atoms with E-state index in [1.807, 2.05) is 0 Å². The van der Waals surface area contributed by atoms with Gasteiger partial charge in [0.15, 0.2) is 11.9 Å². The van der Waals surface area contributed by atoms with Gasteiger partial charge in [-0.3, -0.25) is 43.5 Å². The number of aliphatic carboxylic acids is 4. The summed E-state index contributed by atoms with van der Waals surface area (Å²) >= 11 is 4.21. The third-order valence-electron chi connectivity index (χ3n) is 11.8. The zero-order valence-electron chi connectivity index (χ0n) is 48.6. The highest BCUT2D eigenvalue weighted by atomic mass is 32.1. The normalized spacial score (nSPS) is 15.7. The number of alkyl halides is 10. The second-order valence-electron chi connectivity index (χ2n) is 18.9. The van der Waals surface area contributed by atoms with E-state index in [9.17, 15) is 87.4 Å². The molecule has 2 aliphatic rings. The Bertz CT molecular complexity index is 2580. The van der Waals surface area contributed by atoms with Crippen molar-refractivity contribution >= 4 is 89.8 Å². The van der Waals surface area contributed by atoms with Crippen LogP contribution in [0.1, 0.15) is 69.9 Å². The van der Waals surface area contributed by atoms with Gasteiger partial charge in [0, 0.05) is 38.4 Å². The van der Waals surface area contributed by atoms with Crippen LogP contribution in [0.5, 0.6) is 0 Å². The summed E-state index contributed by atoms with van der Waals surface area (Å²) in [4.78, 5) is 144. The number of carbonyl (C=O) groups is 11. The number of nitrogens with two attached hydrogens (primary N) is 5. The number of aromatic nitrogens is 3. The summed E-state index contributed by atoms with van der Waals surface area (Å²) in [6, 6.07) is -7.39. The molecule has 45 heteroatoms. The Kier molecular flexibility index (Phi) is 38.5. The lowest BCUT2D eigenvalue weighted by molar-refractivity contribution is -0.193. The number of likely N-dealkylation sites (tertiary alicyclic amines) is 2. The first-order valence-corrected chi connectivity index (χ1v) is 27.5. The van der Waals surface area contributed by atoms with Gasteiger partial charge in [0.2, 0.25) is 41.4 Å². The number of carboxylic acid groups (broad SMARTS) is 4. The molecule has 0 bridgehead atoms. The molecule has 0 unspecified atom stereocenters. The molecule has 7 amide bonds. The third-order valence-corrected chi connectivity index (χ3v) is 12.1. The molecule has 3 rings (SSSR count). The number of aliphatic imine (C=N–C) groups is 2. The molecule has 0 saturated carbocycles. The maximum atomic E-state index is 14.4. The number of guanidine groups is 2. The van der Waals surface area contributed by atoms with Crippen molar-refractivity contribution in [3.05, 3.63) is 11.9 Å². The van der Waals surface area contributed by atoms with E-state index in [4.69, 9.17) is 72.6 Å². The lowest BCUT2D eigenvalue weighted by Crippen LogP contribution is -2.59. The highest BCUT2D eigenvalue weighted by Crippen LogP contribution is 2.27. The summed E-state index contributed by atoms with van der Waals surface area (Å²) in [6.07, 6.45) is -12.7. The second kappa shape index (κ2) is 42.4. The molecule has 34 nitrogen and oxygen atoms in total. The maximum Gasteiger partial charge on any atom is 0.490 e. The first kappa shape index (κ1) is 83.4.